The topological polar surface area (TPSA) is 43.1 Å². The Morgan fingerprint density at radius 1 is 1.21 bits per heavy atom. The molecule has 1 aromatic carbocycles. The van der Waals surface area contributed by atoms with Gasteiger partial charge in [-0.25, -0.2) is 13.8 Å². The summed E-state index contributed by atoms with van der Waals surface area (Å²) in [6.07, 6.45) is 1.40. The van der Waals surface area contributed by atoms with Crippen LogP contribution in [0.1, 0.15) is 41.4 Å². The Hall–Kier alpha value is -2.03. The molecule has 0 saturated heterocycles. The number of pyridine rings is 1. The number of aromatic nitrogens is 4. The number of halogens is 3. The van der Waals surface area contributed by atoms with Gasteiger partial charge < -0.3 is 0 Å². The highest BCUT2D eigenvalue weighted by Crippen LogP contribution is 2.46. The second kappa shape index (κ2) is 7.66. The molecule has 1 saturated carbocycles. The summed E-state index contributed by atoms with van der Waals surface area (Å²) in [5.74, 6) is 1.12. The molecule has 148 valence electrons. The summed E-state index contributed by atoms with van der Waals surface area (Å²) in [4.78, 5) is 5.71. The van der Waals surface area contributed by atoms with Crippen molar-refractivity contribution in [1.29, 1.82) is 0 Å². The second-order valence-corrected chi connectivity index (χ2v) is 9.32. The summed E-state index contributed by atoms with van der Waals surface area (Å²) < 4.78 is 28.0. The SMILES string of the molecule is FC(F)c1nnc(-c2c(C3CC3)nc3c(Cl)cc(SCc4ccccc4)cn23)s1. The average molecular weight is 449 g/mol. The van der Waals surface area contributed by atoms with Gasteiger partial charge in [-0.3, -0.25) is 4.40 Å². The maximum atomic E-state index is 13.1. The summed E-state index contributed by atoms with van der Waals surface area (Å²) in [5.41, 5.74) is 3.44. The molecule has 1 aliphatic rings. The summed E-state index contributed by atoms with van der Waals surface area (Å²) in [5, 5.41) is 8.40. The van der Waals surface area contributed by atoms with Crippen LogP contribution in [0.3, 0.4) is 0 Å². The van der Waals surface area contributed by atoms with Crippen LogP contribution in [0.4, 0.5) is 8.78 Å². The van der Waals surface area contributed by atoms with Crippen molar-refractivity contribution in [3.05, 3.63) is 63.9 Å². The fourth-order valence-electron chi connectivity index (χ4n) is 3.19. The number of benzene rings is 1. The van der Waals surface area contributed by atoms with Crippen LogP contribution in [0.15, 0.2) is 47.5 Å². The molecule has 29 heavy (non-hydrogen) atoms. The molecule has 4 nitrogen and oxygen atoms in total. The van der Waals surface area contributed by atoms with Gasteiger partial charge in [0.2, 0.25) is 0 Å². The van der Waals surface area contributed by atoms with Gasteiger partial charge in [-0.15, -0.1) is 22.0 Å². The van der Waals surface area contributed by atoms with E-state index in [1.807, 2.05) is 34.9 Å². The lowest BCUT2D eigenvalue weighted by Crippen LogP contribution is -1.92. The minimum atomic E-state index is -2.63. The number of fused-ring (bicyclic) bond motifs is 1. The zero-order valence-electron chi connectivity index (χ0n) is 15.1. The van der Waals surface area contributed by atoms with Crippen molar-refractivity contribution in [3.8, 4) is 10.7 Å². The van der Waals surface area contributed by atoms with Gasteiger partial charge >= 0.3 is 0 Å². The third-order valence-corrected chi connectivity index (χ3v) is 6.97. The highest BCUT2D eigenvalue weighted by atomic mass is 35.5. The van der Waals surface area contributed by atoms with E-state index in [0.29, 0.717) is 21.6 Å². The van der Waals surface area contributed by atoms with E-state index in [1.54, 1.807) is 11.8 Å². The monoisotopic (exact) mass is 448 g/mol. The van der Waals surface area contributed by atoms with Crippen LogP contribution in [0.2, 0.25) is 5.02 Å². The van der Waals surface area contributed by atoms with Gasteiger partial charge in [-0.1, -0.05) is 53.3 Å². The Balaban J connectivity index is 1.58. The molecule has 0 N–H and O–H groups in total. The molecule has 0 radical (unpaired) electrons. The molecule has 9 heteroatoms. The third kappa shape index (κ3) is 3.76. The van der Waals surface area contributed by atoms with Crippen molar-refractivity contribution in [2.45, 2.75) is 35.8 Å². The molecule has 0 amide bonds. The Labute approximate surface area is 179 Å². The summed E-state index contributed by atoms with van der Waals surface area (Å²) >= 11 is 9.12. The second-order valence-electron chi connectivity index (χ2n) is 6.86. The van der Waals surface area contributed by atoms with Gasteiger partial charge in [0, 0.05) is 22.8 Å². The number of thioether (sulfide) groups is 1. The Bertz CT molecular complexity index is 1170. The molecule has 3 heterocycles. The first-order valence-corrected chi connectivity index (χ1v) is 11.3. The van der Waals surface area contributed by atoms with E-state index in [4.69, 9.17) is 16.6 Å². The normalized spacial score (nSPS) is 14.2. The zero-order valence-corrected chi connectivity index (χ0v) is 17.4. The van der Waals surface area contributed by atoms with Gasteiger partial charge in [0.1, 0.15) is 5.69 Å². The lowest BCUT2D eigenvalue weighted by Gasteiger charge is -2.06. The first kappa shape index (κ1) is 19.0. The van der Waals surface area contributed by atoms with Crippen LogP contribution in [0.25, 0.3) is 16.3 Å². The minimum absolute atomic E-state index is 0.280. The van der Waals surface area contributed by atoms with Crippen molar-refractivity contribution in [3.63, 3.8) is 0 Å². The molecule has 0 aliphatic heterocycles. The van der Waals surface area contributed by atoms with E-state index in [1.165, 1.54) is 5.56 Å². The molecular weight excluding hydrogens is 434 g/mol. The van der Waals surface area contributed by atoms with Gasteiger partial charge in [-0.05, 0) is 24.5 Å². The van der Waals surface area contributed by atoms with Crippen LogP contribution in [-0.4, -0.2) is 19.6 Å². The van der Waals surface area contributed by atoms with Crippen molar-refractivity contribution >= 4 is 40.3 Å². The van der Waals surface area contributed by atoms with Crippen molar-refractivity contribution in [1.82, 2.24) is 19.6 Å². The lowest BCUT2D eigenvalue weighted by molar-refractivity contribution is 0.150. The van der Waals surface area contributed by atoms with Crippen molar-refractivity contribution in [2.75, 3.05) is 0 Å². The number of rotatable bonds is 6. The molecule has 0 unspecified atom stereocenters. The van der Waals surface area contributed by atoms with Gasteiger partial charge in [0.25, 0.3) is 6.43 Å². The van der Waals surface area contributed by atoms with Gasteiger partial charge in [-0.2, -0.15) is 0 Å². The van der Waals surface area contributed by atoms with Crippen LogP contribution < -0.4 is 0 Å². The van der Waals surface area contributed by atoms with Gasteiger partial charge in [0.05, 0.1) is 10.7 Å². The number of imidazole rings is 1. The van der Waals surface area contributed by atoms with Crippen LogP contribution in [0, 0.1) is 0 Å². The molecule has 5 rings (SSSR count). The predicted octanol–water partition coefficient (Wildman–Crippen LogP) is 6.61. The fraction of sp³-hybridized carbons (Fsp3) is 0.250. The third-order valence-electron chi connectivity index (χ3n) is 4.72. The van der Waals surface area contributed by atoms with Crippen LogP contribution >= 0.6 is 34.7 Å². The first-order valence-electron chi connectivity index (χ1n) is 9.10. The van der Waals surface area contributed by atoms with E-state index >= 15 is 0 Å². The summed E-state index contributed by atoms with van der Waals surface area (Å²) in [6, 6.07) is 12.1. The molecule has 3 aromatic heterocycles. The Morgan fingerprint density at radius 3 is 2.69 bits per heavy atom. The van der Waals surface area contributed by atoms with Crippen LogP contribution in [-0.2, 0) is 5.75 Å². The standard InChI is InChI=1S/C20H15ClF2N4S2/c21-14-8-13(28-10-11-4-2-1-3-5-11)9-27-16(15(12-6-7-12)24-18(14)27)19-25-26-20(29-19)17(22)23/h1-5,8-9,12,17H,6-7,10H2. The van der Waals surface area contributed by atoms with Crippen molar-refractivity contribution in [2.24, 2.45) is 0 Å². The zero-order chi connectivity index (χ0) is 20.0. The number of alkyl halides is 2. The highest BCUT2D eigenvalue weighted by molar-refractivity contribution is 7.98. The van der Waals surface area contributed by atoms with Crippen molar-refractivity contribution < 1.29 is 8.78 Å². The average Bonchev–Trinajstić information content (AvgIpc) is 3.31. The predicted molar refractivity (Wildman–Crippen MR) is 112 cm³/mol. The van der Waals surface area contributed by atoms with E-state index < -0.39 is 6.43 Å². The van der Waals surface area contributed by atoms with E-state index in [9.17, 15) is 8.78 Å². The molecule has 0 bridgehead atoms. The quantitative estimate of drug-likeness (QED) is 0.311. The smallest absolute Gasteiger partial charge is 0.291 e. The molecule has 0 atom stereocenters. The highest BCUT2D eigenvalue weighted by Gasteiger charge is 2.33. The van der Waals surface area contributed by atoms with E-state index in [-0.39, 0.29) is 5.01 Å². The maximum absolute atomic E-state index is 13.1. The molecule has 1 aliphatic carbocycles. The molecule has 4 aromatic rings. The lowest BCUT2D eigenvalue weighted by atomic mass is 10.2. The number of hydrogen-bond donors (Lipinski definition) is 0. The van der Waals surface area contributed by atoms with E-state index in [0.717, 1.165) is 46.2 Å². The Morgan fingerprint density at radius 2 is 2.00 bits per heavy atom. The summed E-state index contributed by atoms with van der Waals surface area (Å²) in [7, 11) is 0. The van der Waals surface area contributed by atoms with Crippen LogP contribution in [0.5, 0.6) is 0 Å². The summed E-state index contributed by atoms with van der Waals surface area (Å²) in [6.45, 7) is 0. The molecular formula is C20H15ClF2N4S2. The first-order chi connectivity index (χ1) is 14.1. The fourth-order valence-corrected chi connectivity index (χ4v) is 5.16. The number of nitrogens with zero attached hydrogens (tertiary/aromatic N) is 4. The minimum Gasteiger partial charge on any atom is -0.295 e. The molecule has 1 fully saturated rings. The largest absolute Gasteiger partial charge is 0.295 e. The Kier molecular flexibility index (Phi) is 5.01. The maximum Gasteiger partial charge on any atom is 0.291 e. The van der Waals surface area contributed by atoms with E-state index in [2.05, 4.69) is 22.3 Å². The molecule has 0 spiro atoms. The number of hydrogen-bond acceptors (Lipinski definition) is 5. The van der Waals surface area contributed by atoms with Gasteiger partial charge in [0.15, 0.2) is 15.7 Å².